The van der Waals surface area contributed by atoms with E-state index in [-0.39, 0.29) is 89.9 Å². The third-order valence-corrected chi connectivity index (χ3v) is 4.92. The van der Waals surface area contributed by atoms with E-state index in [9.17, 15) is 10.3 Å². The zero-order chi connectivity index (χ0) is 21.7. The maximum absolute atomic E-state index is 11.5. The summed E-state index contributed by atoms with van der Waals surface area (Å²) in [6, 6.07) is 5.58. The first kappa shape index (κ1) is 32.9. The fraction of sp³-hybridized carbons (Fsp3) is 0.417. The second kappa shape index (κ2) is 15.8. The Balaban J connectivity index is 0.00000158. The zero-order valence-corrected chi connectivity index (χ0v) is 27.9. The Bertz CT molecular complexity index is 1010. The molecule has 1 unspecified atom stereocenters. The number of hydroxylamine groups is 1. The van der Waals surface area contributed by atoms with Crippen LogP contribution in [0.15, 0.2) is 30.6 Å². The Labute approximate surface area is 264 Å². The van der Waals surface area contributed by atoms with Crippen LogP contribution in [0.25, 0.3) is 22.0 Å². The monoisotopic (exact) mass is 700 g/mol. The van der Waals surface area contributed by atoms with E-state index in [2.05, 4.69) is 20.3 Å². The first-order chi connectivity index (χ1) is 14.4. The molecule has 0 amide bonds. The van der Waals surface area contributed by atoms with Crippen LogP contribution >= 0.6 is 0 Å². The fourth-order valence-electron chi connectivity index (χ4n) is 3.09. The summed E-state index contributed by atoms with van der Waals surface area (Å²) in [4.78, 5) is 13.3. The molecular weight excluding hydrogens is 667 g/mol. The van der Waals surface area contributed by atoms with Crippen LogP contribution in [0.5, 0.6) is 0 Å². The third-order valence-electron chi connectivity index (χ3n) is 4.92. The van der Waals surface area contributed by atoms with Gasteiger partial charge in [0, 0.05) is 73.1 Å². The van der Waals surface area contributed by atoms with Crippen molar-refractivity contribution in [3.05, 3.63) is 54.5 Å². The molecule has 1 saturated carbocycles. The average Bonchev–Trinajstić information content (AvgIpc) is 3.62. The standard InChI is InChI=1S/C20H24N5O2.C3H6.CH3.K.U/c1-5-6-18(26)17-7-12(2)15(11-22-17)14-8-13-10-23-19(25(4)27)9-16(13)24-20(14)21-3;1-2-3-1;;;/h7-11,18,26H,5-6H2,1-4H3,(H,21,24);1-3H2;1H3;;/q-1;;-1;+1;. The molecular formula is C24H33KN5O2U-. The number of fused-ring (bicyclic) bond motifs is 1. The maximum atomic E-state index is 11.5. The summed E-state index contributed by atoms with van der Waals surface area (Å²) in [5.41, 5.74) is 4.22. The molecule has 2 N–H and O–H groups in total. The molecule has 0 spiro atoms. The van der Waals surface area contributed by atoms with Crippen molar-refractivity contribution in [2.24, 2.45) is 0 Å². The van der Waals surface area contributed by atoms with Gasteiger partial charge in [0.25, 0.3) is 0 Å². The minimum atomic E-state index is -0.548. The molecule has 0 aromatic carbocycles. The zero-order valence-electron chi connectivity index (χ0n) is 20.6. The van der Waals surface area contributed by atoms with Gasteiger partial charge in [-0.05, 0) is 38.1 Å². The van der Waals surface area contributed by atoms with Crippen molar-refractivity contribution in [2.75, 3.05) is 24.5 Å². The van der Waals surface area contributed by atoms with Crippen molar-refractivity contribution in [1.82, 2.24) is 15.0 Å². The number of rotatable bonds is 6. The molecule has 1 fully saturated rings. The van der Waals surface area contributed by atoms with E-state index in [4.69, 9.17) is 0 Å². The summed E-state index contributed by atoms with van der Waals surface area (Å²) in [6.07, 6.45) is 8.97. The van der Waals surface area contributed by atoms with Crippen molar-refractivity contribution in [3.63, 3.8) is 0 Å². The van der Waals surface area contributed by atoms with Crippen LogP contribution in [0.1, 0.15) is 56.4 Å². The summed E-state index contributed by atoms with van der Waals surface area (Å²) in [6.45, 7) is 4.03. The van der Waals surface area contributed by atoms with E-state index in [0.29, 0.717) is 34.3 Å². The Morgan fingerprint density at radius 1 is 1.12 bits per heavy atom. The Morgan fingerprint density at radius 3 is 2.30 bits per heavy atom. The Morgan fingerprint density at radius 2 is 1.79 bits per heavy atom. The molecule has 7 nitrogen and oxygen atoms in total. The van der Waals surface area contributed by atoms with Crippen molar-refractivity contribution >= 4 is 22.5 Å². The number of aliphatic hydroxyl groups excluding tert-OH is 1. The number of aromatic nitrogens is 3. The van der Waals surface area contributed by atoms with E-state index in [1.54, 1.807) is 18.5 Å². The van der Waals surface area contributed by atoms with Gasteiger partial charge in [0.1, 0.15) is 11.6 Å². The molecule has 0 bridgehead atoms. The average molecular weight is 701 g/mol. The predicted molar refractivity (Wildman–Crippen MR) is 129 cm³/mol. The summed E-state index contributed by atoms with van der Waals surface area (Å²) in [7, 11) is 3.21. The number of nitrogens with zero attached hydrogens (tertiary/aromatic N) is 4. The van der Waals surface area contributed by atoms with Gasteiger partial charge in [-0.3, -0.25) is 4.98 Å². The fourth-order valence-corrected chi connectivity index (χ4v) is 3.09. The largest absolute Gasteiger partial charge is 1.00 e. The normalized spacial score (nSPS) is 12.2. The number of hydrogen-bond acceptors (Lipinski definition) is 7. The Hall–Kier alpha value is -0.0817. The van der Waals surface area contributed by atoms with Crippen LogP contribution < -0.4 is 61.8 Å². The molecule has 3 heterocycles. The number of aryl methyl sites for hydroxylation is 1. The number of aliphatic hydroxyl groups is 1. The smallest absolute Gasteiger partial charge is 0.757 e. The van der Waals surface area contributed by atoms with Crippen molar-refractivity contribution in [3.8, 4) is 11.1 Å². The van der Waals surface area contributed by atoms with Gasteiger partial charge >= 0.3 is 51.4 Å². The van der Waals surface area contributed by atoms with Crippen LogP contribution in [0.2, 0.25) is 0 Å². The number of anilines is 2. The SMILES string of the molecule is C1CC1.CCCC(O)c1cc(C)c(-c2cc3cnc(N(C)[O-])cc3nc2NC)cn1.[CH3-].[K+].[U]. The second-order valence-corrected chi connectivity index (χ2v) is 7.66. The first-order valence-corrected chi connectivity index (χ1v) is 10.5. The van der Waals surface area contributed by atoms with Gasteiger partial charge in [-0.1, -0.05) is 32.6 Å². The van der Waals surface area contributed by atoms with E-state index >= 15 is 0 Å². The van der Waals surface area contributed by atoms with Crippen LogP contribution in [0, 0.1) is 50.7 Å². The molecule has 172 valence electrons. The predicted octanol–water partition coefficient (Wildman–Crippen LogP) is 2.43. The van der Waals surface area contributed by atoms with Crippen LogP contribution in [0.3, 0.4) is 0 Å². The molecule has 33 heavy (non-hydrogen) atoms. The minimum absolute atomic E-state index is 0. The number of hydrogen-bond donors (Lipinski definition) is 2. The number of nitrogens with one attached hydrogen (secondary N) is 1. The van der Waals surface area contributed by atoms with Crippen LogP contribution in [0.4, 0.5) is 11.6 Å². The van der Waals surface area contributed by atoms with Gasteiger partial charge in [-0.15, -0.1) is 0 Å². The van der Waals surface area contributed by atoms with Gasteiger partial charge in [-0.25, -0.2) is 9.97 Å². The molecule has 0 aliphatic heterocycles. The first-order valence-electron chi connectivity index (χ1n) is 10.5. The van der Waals surface area contributed by atoms with Crippen molar-refractivity contribution in [2.45, 2.75) is 52.1 Å². The second-order valence-electron chi connectivity index (χ2n) is 7.66. The molecule has 3 aromatic heterocycles. The topological polar surface area (TPSA) is 97.2 Å². The third kappa shape index (κ3) is 9.14. The maximum Gasteiger partial charge on any atom is 1.00 e. The van der Waals surface area contributed by atoms with Crippen LogP contribution in [-0.4, -0.2) is 34.2 Å². The van der Waals surface area contributed by atoms with Crippen molar-refractivity contribution in [1.29, 1.82) is 0 Å². The molecule has 0 radical (unpaired) electrons. The van der Waals surface area contributed by atoms with Gasteiger partial charge in [0.05, 0.1) is 17.3 Å². The van der Waals surface area contributed by atoms with Crippen LogP contribution in [-0.2, 0) is 0 Å². The van der Waals surface area contributed by atoms with Gasteiger partial charge < -0.3 is 28.1 Å². The van der Waals surface area contributed by atoms with E-state index < -0.39 is 6.10 Å². The Kier molecular flexibility index (Phi) is 15.8. The molecule has 1 atom stereocenters. The molecule has 9 heteroatoms. The van der Waals surface area contributed by atoms with Gasteiger partial charge in [-0.2, -0.15) is 0 Å². The van der Waals surface area contributed by atoms with Gasteiger partial charge in [0.15, 0.2) is 0 Å². The minimum Gasteiger partial charge on any atom is -0.757 e. The van der Waals surface area contributed by atoms with E-state index in [1.807, 2.05) is 33.0 Å². The van der Waals surface area contributed by atoms with E-state index in [1.165, 1.54) is 26.3 Å². The summed E-state index contributed by atoms with van der Waals surface area (Å²) in [5.74, 6) is 1.01. The van der Waals surface area contributed by atoms with Crippen molar-refractivity contribution < 1.29 is 87.6 Å². The molecule has 3 aromatic rings. The quantitative estimate of drug-likeness (QED) is 0.232. The molecule has 1 aliphatic carbocycles. The number of pyridine rings is 3. The summed E-state index contributed by atoms with van der Waals surface area (Å²) >= 11 is 0. The summed E-state index contributed by atoms with van der Waals surface area (Å²) < 4.78 is 0. The molecule has 1 aliphatic rings. The summed E-state index contributed by atoms with van der Waals surface area (Å²) in [5, 5.41) is 26.4. The molecule has 4 rings (SSSR count). The van der Waals surface area contributed by atoms with E-state index in [0.717, 1.165) is 28.5 Å². The molecule has 0 saturated heterocycles. The van der Waals surface area contributed by atoms with Gasteiger partial charge in [0.2, 0.25) is 0 Å².